The zero-order valence-electron chi connectivity index (χ0n) is 3.76. The summed E-state index contributed by atoms with van der Waals surface area (Å²) in [5.41, 5.74) is 4.57. The van der Waals surface area contributed by atoms with Crippen LogP contribution in [0.5, 0.6) is 0 Å². The molecule has 0 saturated heterocycles. The second-order valence-electron chi connectivity index (χ2n) is 0.598. The van der Waals surface area contributed by atoms with E-state index in [0.29, 0.717) is 0 Å². The van der Waals surface area contributed by atoms with E-state index in [9.17, 15) is 4.79 Å². The van der Waals surface area contributed by atoms with E-state index in [0.717, 1.165) is 0 Å². The van der Waals surface area contributed by atoms with Crippen molar-refractivity contribution < 1.29 is 29.4 Å². The summed E-state index contributed by atoms with van der Waals surface area (Å²) < 4.78 is 0. The Kier molecular flexibility index (Phi) is 22.2. The topological polar surface area (TPSA) is 63.3 Å². The first-order valence-corrected chi connectivity index (χ1v) is 1.19. The molecule has 0 aromatic rings. The Bertz CT molecular complexity index is 51.0. The Hall–Kier alpha value is 0.783. The van der Waals surface area contributed by atoms with Crippen molar-refractivity contribution in [3.8, 4) is 0 Å². The molecule has 0 unspecified atom stereocenters. The molecule has 0 radical (unpaired) electrons. The van der Waals surface area contributed by atoms with Crippen LogP contribution >= 0.6 is 24.0 Å². The smallest absolute Gasteiger partial charge is 0.317 e. The molecule has 0 saturated carbocycles. The molecule has 0 amide bonds. The number of carbonyl (C=O) groups is 1. The van der Waals surface area contributed by atoms with Gasteiger partial charge in [0, 0.05) is 19.5 Å². The molecule has 3 nitrogen and oxygen atoms in total. The number of carboxylic acids is 1. The van der Waals surface area contributed by atoms with Crippen molar-refractivity contribution in [2.24, 2.45) is 5.73 Å². The molecule has 0 aliphatic rings. The zero-order valence-corrected chi connectivity index (χ0v) is 9.05. The quantitative estimate of drug-likeness (QED) is 0.504. The minimum Gasteiger partial charge on any atom is -0.480 e. The molecule has 40 valence electrons. The fraction of sp³-hybridized carbons (Fsp3) is 0.500. The fourth-order valence-electron chi connectivity index (χ4n) is 0. The monoisotopic (exact) mass is 267 g/mol. The molecule has 0 aliphatic carbocycles. The number of hydrogen-bond donors (Lipinski definition) is 2. The summed E-state index contributed by atoms with van der Waals surface area (Å²) in [5.74, 6) is -0.968. The van der Waals surface area contributed by atoms with Crippen molar-refractivity contribution >= 4 is 29.9 Å². The molecule has 0 aliphatic heterocycles. The maximum absolute atomic E-state index is 9.24. The van der Waals surface area contributed by atoms with Gasteiger partial charge in [-0.2, -0.15) is 0 Å². The van der Waals surface area contributed by atoms with Gasteiger partial charge in [0.15, 0.2) is 0 Å². The number of halogens is 1. The number of aliphatic carboxylic acids is 1. The number of carboxylic acid groups (broad SMARTS) is 1. The van der Waals surface area contributed by atoms with E-state index in [-0.39, 0.29) is 50.0 Å². The van der Waals surface area contributed by atoms with Gasteiger partial charge >= 0.3 is 5.97 Å². The van der Waals surface area contributed by atoms with Gasteiger partial charge < -0.3 is 10.8 Å². The third-order valence-electron chi connectivity index (χ3n) is 0.175. The fourth-order valence-corrected chi connectivity index (χ4v) is 0. The third-order valence-corrected chi connectivity index (χ3v) is 0.175. The van der Waals surface area contributed by atoms with Crippen LogP contribution in [0.1, 0.15) is 0 Å². The van der Waals surface area contributed by atoms with Crippen LogP contribution in [-0.4, -0.2) is 17.6 Å². The third kappa shape index (κ3) is 20.0. The molecule has 0 fully saturated rings. The number of nitrogens with two attached hydrogens (primary N) is 1. The summed E-state index contributed by atoms with van der Waals surface area (Å²) in [4.78, 5) is 9.24. The second kappa shape index (κ2) is 9.92. The van der Waals surface area contributed by atoms with Gasteiger partial charge in [-0.05, 0) is 0 Å². The molecule has 7 heavy (non-hydrogen) atoms. The standard InChI is InChI=1S/C2H5NO2.HI.Zn/c3-1-2(4)5;;/h1,3H2,(H,4,5);1H;. The molecule has 5 heteroatoms. The normalized spacial score (nSPS) is 5.29. The van der Waals surface area contributed by atoms with Crippen LogP contribution in [-0.2, 0) is 24.3 Å². The van der Waals surface area contributed by atoms with Crippen molar-refractivity contribution in [1.82, 2.24) is 0 Å². The van der Waals surface area contributed by atoms with E-state index in [1.165, 1.54) is 0 Å². The minimum absolute atomic E-state index is 0. The zero-order chi connectivity index (χ0) is 4.28. The van der Waals surface area contributed by atoms with Gasteiger partial charge in [0.2, 0.25) is 0 Å². The maximum atomic E-state index is 9.24. The molecular weight excluding hydrogens is 262 g/mol. The van der Waals surface area contributed by atoms with Gasteiger partial charge in [-0.15, -0.1) is 24.0 Å². The Morgan fingerprint density at radius 3 is 1.86 bits per heavy atom. The van der Waals surface area contributed by atoms with Gasteiger partial charge in [-0.1, -0.05) is 0 Å². The predicted octanol–water partition coefficient (Wildman–Crippen LogP) is -0.355. The van der Waals surface area contributed by atoms with Gasteiger partial charge in [0.05, 0.1) is 6.54 Å². The van der Waals surface area contributed by atoms with Crippen molar-refractivity contribution in [3.05, 3.63) is 0 Å². The van der Waals surface area contributed by atoms with E-state index >= 15 is 0 Å². The average Bonchev–Trinajstić information content (AvgIpc) is 1.38. The number of hydrogen-bond acceptors (Lipinski definition) is 2. The molecule has 0 spiro atoms. The van der Waals surface area contributed by atoms with E-state index < -0.39 is 5.97 Å². The van der Waals surface area contributed by atoms with Crippen LogP contribution in [0.15, 0.2) is 0 Å². The summed E-state index contributed by atoms with van der Waals surface area (Å²) in [6.07, 6.45) is 0. The largest absolute Gasteiger partial charge is 0.480 e. The van der Waals surface area contributed by atoms with Crippen LogP contribution < -0.4 is 5.73 Å². The van der Waals surface area contributed by atoms with Crippen molar-refractivity contribution in [2.75, 3.05) is 6.54 Å². The van der Waals surface area contributed by atoms with Crippen LogP contribution in [0, 0.1) is 0 Å². The summed E-state index contributed by atoms with van der Waals surface area (Å²) in [6.45, 7) is -0.278. The summed E-state index contributed by atoms with van der Waals surface area (Å²) in [6, 6.07) is 0. The Morgan fingerprint density at radius 2 is 1.86 bits per heavy atom. The summed E-state index contributed by atoms with van der Waals surface area (Å²) in [7, 11) is 0. The summed E-state index contributed by atoms with van der Waals surface area (Å²) in [5, 5.41) is 7.60. The van der Waals surface area contributed by atoms with Crippen LogP contribution in [0.25, 0.3) is 0 Å². The van der Waals surface area contributed by atoms with E-state index in [1.54, 1.807) is 0 Å². The van der Waals surface area contributed by atoms with Crippen LogP contribution in [0.4, 0.5) is 0 Å². The molecule has 3 N–H and O–H groups in total. The predicted molar refractivity (Wildman–Crippen MR) is 32.1 cm³/mol. The van der Waals surface area contributed by atoms with Crippen LogP contribution in [0.3, 0.4) is 0 Å². The average molecular weight is 268 g/mol. The summed E-state index contributed by atoms with van der Waals surface area (Å²) >= 11 is 0. The molecule has 0 aromatic carbocycles. The Balaban J connectivity index is -0.0000000800. The second-order valence-corrected chi connectivity index (χ2v) is 0.598. The maximum Gasteiger partial charge on any atom is 0.317 e. The molecule has 0 rings (SSSR count). The van der Waals surface area contributed by atoms with Crippen molar-refractivity contribution in [1.29, 1.82) is 0 Å². The van der Waals surface area contributed by atoms with E-state index in [4.69, 9.17) is 5.11 Å². The van der Waals surface area contributed by atoms with Gasteiger partial charge in [0.1, 0.15) is 0 Å². The molecule has 0 aromatic heterocycles. The van der Waals surface area contributed by atoms with E-state index in [2.05, 4.69) is 5.73 Å². The van der Waals surface area contributed by atoms with Gasteiger partial charge in [0.25, 0.3) is 0 Å². The SMILES string of the molecule is I.NCC(=O)O.[Zn]. The first kappa shape index (κ1) is 15.7. The van der Waals surface area contributed by atoms with Gasteiger partial charge in [-0.25, -0.2) is 0 Å². The Labute approximate surface area is 71.4 Å². The van der Waals surface area contributed by atoms with E-state index in [1.807, 2.05) is 0 Å². The van der Waals surface area contributed by atoms with Gasteiger partial charge in [-0.3, -0.25) is 4.79 Å². The number of rotatable bonds is 1. The van der Waals surface area contributed by atoms with Crippen LogP contribution in [0.2, 0.25) is 0 Å². The first-order valence-electron chi connectivity index (χ1n) is 1.19. The minimum atomic E-state index is -0.968. The van der Waals surface area contributed by atoms with Crippen molar-refractivity contribution in [2.45, 2.75) is 0 Å². The Morgan fingerprint density at radius 1 is 1.71 bits per heavy atom. The van der Waals surface area contributed by atoms with Crippen molar-refractivity contribution in [3.63, 3.8) is 0 Å². The first-order chi connectivity index (χ1) is 2.27. The molecule has 0 bridgehead atoms. The molecule has 0 atom stereocenters. The molecular formula is C2H6INO2Zn. The molecule has 0 heterocycles.